The summed E-state index contributed by atoms with van der Waals surface area (Å²) in [6.07, 6.45) is 6.71. The zero-order valence-electron chi connectivity index (χ0n) is 20.4. The number of ether oxygens (including phenoxy) is 1. The van der Waals surface area contributed by atoms with E-state index in [1.807, 2.05) is 18.7 Å². The lowest BCUT2D eigenvalue weighted by atomic mass is 9.87. The lowest BCUT2D eigenvalue weighted by Gasteiger charge is -2.36. The van der Waals surface area contributed by atoms with Gasteiger partial charge < -0.3 is 19.4 Å². The van der Waals surface area contributed by atoms with E-state index < -0.39 is 0 Å². The Morgan fingerprint density at radius 3 is 2.69 bits per heavy atom. The molecule has 6 nitrogen and oxygen atoms in total. The Balaban J connectivity index is 1.45. The number of fused-ring (bicyclic) bond motifs is 1. The molecule has 1 fully saturated rings. The van der Waals surface area contributed by atoms with Crippen LogP contribution in [0, 0.1) is 5.92 Å². The number of amides is 2. The van der Waals surface area contributed by atoms with Gasteiger partial charge in [-0.3, -0.25) is 9.59 Å². The predicted molar refractivity (Wildman–Crippen MR) is 128 cm³/mol. The molecule has 1 aliphatic heterocycles. The second-order valence-corrected chi connectivity index (χ2v) is 9.57. The molecule has 1 aromatic rings. The van der Waals surface area contributed by atoms with Crippen LogP contribution in [0.4, 0.5) is 0 Å². The molecule has 32 heavy (non-hydrogen) atoms. The Morgan fingerprint density at radius 1 is 1.19 bits per heavy atom. The fraction of sp³-hybridized carbons (Fsp3) is 0.692. The summed E-state index contributed by atoms with van der Waals surface area (Å²) in [4.78, 5) is 31.0. The van der Waals surface area contributed by atoms with Gasteiger partial charge in [0.15, 0.2) is 0 Å². The fourth-order valence-corrected chi connectivity index (χ4v) is 5.03. The van der Waals surface area contributed by atoms with Crippen LogP contribution in [0.2, 0.25) is 0 Å². The summed E-state index contributed by atoms with van der Waals surface area (Å²) in [5.74, 6) is 1.08. The Bertz CT molecular complexity index is 780. The highest BCUT2D eigenvalue weighted by molar-refractivity contribution is 5.86. The summed E-state index contributed by atoms with van der Waals surface area (Å²) in [6, 6.07) is 7.09. The topological polar surface area (TPSA) is 53.1 Å². The molecule has 0 radical (unpaired) electrons. The Morgan fingerprint density at radius 2 is 2.00 bits per heavy atom. The van der Waals surface area contributed by atoms with Gasteiger partial charge in [-0.2, -0.15) is 0 Å². The summed E-state index contributed by atoms with van der Waals surface area (Å²) >= 11 is 0. The number of hydrogen-bond donors (Lipinski definition) is 0. The molecular weight excluding hydrogens is 402 g/mol. The van der Waals surface area contributed by atoms with Crippen molar-refractivity contribution in [2.24, 2.45) is 5.92 Å². The quantitative estimate of drug-likeness (QED) is 0.520. The van der Waals surface area contributed by atoms with Crippen LogP contribution in [0.5, 0.6) is 5.75 Å². The molecule has 0 spiro atoms. The number of carbonyl (C=O) groups excluding carboxylic acids is 2. The minimum Gasteiger partial charge on any atom is -0.497 e. The van der Waals surface area contributed by atoms with Crippen LogP contribution in [-0.2, 0) is 22.4 Å². The highest BCUT2D eigenvalue weighted by Gasteiger charge is 2.28. The van der Waals surface area contributed by atoms with Crippen LogP contribution < -0.4 is 4.74 Å². The number of hydrogen-bond acceptors (Lipinski definition) is 4. The van der Waals surface area contributed by atoms with Crippen LogP contribution in [0.15, 0.2) is 18.2 Å². The molecule has 0 aromatic heterocycles. The first-order valence-electron chi connectivity index (χ1n) is 12.4. The van der Waals surface area contributed by atoms with Crippen molar-refractivity contribution in [2.45, 2.75) is 65.3 Å². The number of carbonyl (C=O) groups is 2. The van der Waals surface area contributed by atoms with Crippen LogP contribution >= 0.6 is 0 Å². The number of nitrogens with zero attached hydrogens (tertiary/aromatic N) is 3. The van der Waals surface area contributed by atoms with Crippen molar-refractivity contribution in [1.82, 2.24) is 14.7 Å². The maximum Gasteiger partial charge on any atom is 0.242 e. The Labute approximate surface area is 193 Å². The van der Waals surface area contributed by atoms with Gasteiger partial charge in [0, 0.05) is 31.6 Å². The molecule has 0 bridgehead atoms. The molecule has 1 unspecified atom stereocenters. The molecule has 1 saturated heterocycles. The van der Waals surface area contributed by atoms with Gasteiger partial charge in [0.05, 0.1) is 13.7 Å². The maximum absolute atomic E-state index is 12.5. The first-order valence-corrected chi connectivity index (χ1v) is 12.4. The van der Waals surface area contributed by atoms with Gasteiger partial charge in [0.2, 0.25) is 11.8 Å². The molecule has 1 heterocycles. The molecule has 0 saturated carbocycles. The molecule has 1 atom stereocenters. The molecule has 2 aliphatic rings. The highest BCUT2D eigenvalue weighted by Crippen LogP contribution is 2.28. The van der Waals surface area contributed by atoms with Crippen molar-refractivity contribution in [3.05, 3.63) is 29.3 Å². The predicted octanol–water partition coefficient (Wildman–Crippen LogP) is 3.37. The van der Waals surface area contributed by atoms with Crippen molar-refractivity contribution < 1.29 is 14.3 Å². The Kier molecular flexibility index (Phi) is 8.97. The molecule has 0 N–H and O–H groups in total. The maximum atomic E-state index is 12.5. The fourth-order valence-electron chi connectivity index (χ4n) is 5.03. The van der Waals surface area contributed by atoms with E-state index in [9.17, 15) is 9.59 Å². The monoisotopic (exact) mass is 443 g/mol. The van der Waals surface area contributed by atoms with Crippen molar-refractivity contribution in [1.29, 1.82) is 0 Å². The standard InChI is InChI=1S/C26H41N3O3/c1-5-12-27(23-10-8-21-9-11-24(32-4)18-22(21)17-23)13-6-7-14-28-15-16-29(19-25(28)30)26(31)20(2)3/h9,11,18,20,23H,5-8,10,12-17,19H2,1-4H3. The minimum atomic E-state index is -0.0493. The van der Waals surface area contributed by atoms with Crippen molar-refractivity contribution in [3.8, 4) is 5.75 Å². The van der Waals surface area contributed by atoms with Crippen LogP contribution in [0.25, 0.3) is 0 Å². The normalized spacial score (nSPS) is 18.9. The van der Waals surface area contributed by atoms with E-state index in [-0.39, 0.29) is 24.3 Å². The zero-order chi connectivity index (χ0) is 23.1. The van der Waals surface area contributed by atoms with Gasteiger partial charge >= 0.3 is 0 Å². The van der Waals surface area contributed by atoms with E-state index in [1.54, 1.807) is 12.0 Å². The van der Waals surface area contributed by atoms with Gasteiger partial charge in [-0.25, -0.2) is 0 Å². The largest absolute Gasteiger partial charge is 0.497 e. The molecule has 1 aromatic carbocycles. The molecular formula is C26H41N3O3. The molecule has 3 rings (SSSR count). The second kappa shape index (κ2) is 11.7. The second-order valence-electron chi connectivity index (χ2n) is 9.57. The number of unbranched alkanes of at least 4 members (excludes halogenated alkanes) is 1. The number of benzene rings is 1. The number of methoxy groups -OCH3 is 1. The average molecular weight is 444 g/mol. The summed E-state index contributed by atoms with van der Waals surface area (Å²) in [5.41, 5.74) is 2.90. The molecule has 178 valence electrons. The minimum absolute atomic E-state index is 0.0493. The Hall–Kier alpha value is -2.08. The van der Waals surface area contributed by atoms with Crippen LogP contribution in [0.1, 0.15) is 57.6 Å². The van der Waals surface area contributed by atoms with Crippen LogP contribution in [0.3, 0.4) is 0 Å². The lowest BCUT2D eigenvalue weighted by molar-refractivity contribution is -0.147. The van der Waals surface area contributed by atoms with E-state index in [2.05, 4.69) is 30.0 Å². The summed E-state index contributed by atoms with van der Waals surface area (Å²) < 4.78 is 5.43. The van der Waals surface area contributed by atoms with Gasteiger partial charge in [0.1, 0.15) is 5.75 Å². The van der Waals surface area contributed by atoms with Gasteiger partial charge in [0.25, 0.3) is 0 Å². The number of piperazine rings is 1. The van der Waals surface area contributed by atoms with E-state index >= 15 is 0 Å². The average Bonchev–Trinajstić information content (AvgIpc) is 2.80. The molecule has 2 amide bonds. The number of rotatable bonds is 10. The number of aryl methyl sites for hydroxylation is 1. The lowest BCUT2D eigenvalue weighted by Crippen LogP contribution is -2.53. The van der Waals surface area contributed by atoms with Gasteiger partial charge in [-0.05, 0) is 74.9 Å². The summed E-state index contributed by atoms with van der Waals surface area (Å²) in [6.45, 7) is 10.6. The van der Waals surface area contributed by atoms with E-state index in [1.165, 1.54) is 17.5 Å². The molecule has 1 aliphatic carbocycles. The summed E-state index contributed by atoms with van der Waals surface area (Å²) in [7, 11) is 1.73. The van der Waals surface area contributed by atoms with Crippen LogP contribution in [-0.4, -0.2) is 78.9 Å². The smallest absolute Gasteiger partial charge is 0.242 e. The zero-order valence-corrected chi connectivity index (χ0v) is 20.4. The van der Waals surface area contributed by atoms with Crippen molar-refractivity contribution >= 4 is 11.8 Å². The third-order valence-electron chi connectivity index (χ3n) is 6.89. The van der Waals surface area contributed by atoms with E-state index in [0.717, 1.165) is 57.5 Å². The van der Waals surface area contributed by atoms with Gasteiger partial charge in [-0.1, -0.05) is 26.8 Å². The SMILES string of the molecule is CCCN(CCCCN1CCN(C(=O)C(C)C)CC1=O)C1CCc2ccc(OC)cc2C1. The van der Waals surface area contributed by atoms with Crippen molar-refractivity contribution in [2.75, 3.05) is 46.4 Å². The molecule has 6 heteroatoms. The third-order valence-corrected chi connectivity index (χ3v) is 6.89. The third kappa shape index (κ3) is 6.25. The van der Waals surface area contributed by atoms with E-state index in [4.69, 9.17) is 4.74 Å². The van der Waals surface area contributed by atoms with Gasteiger partial charge in [-0.15, -0.1) is 0 Å². The highest BCUT2D eigenvalue weighted by atomic mass is 16.5. The van der Waals surface area contributed by atoms with Crippen molar-refractivity contribution in [3.63, 3.8) is 0 Å². The first kappa shape index (κ1) is 24.6. The summed E-state index contributed by atoms with van der Waals surface area (Å²) in [5, 5.41) is 0. The van der Waals surface area contributed by atoms with E-state index in [0.29, 0.717) is 19.1 Å². The first-order chi connectivity index (χ1) is 15.4.